The van der Waals surface area contributed by atoms with Crippen LogP contribution in [0, 0.1) is 3.57 Å². The molecule has 2 heterocycles. The molecule has 0 saturated carbocycles. The van der Waals surface area contributed by atoms with Gasteiger partial charge in [-0.1, -0.05) is 18.2 Å². The van der Waals surface area contributed by atoms with Crippen molar-refractivity contribution in [1.29, 1.82) is 0 Å². The minimum Gasteiger partial charge on any atom is -0.491 e. The van der Waals surface area contributed by atoms with Crippen molar-refractivity contribution in [2.24, 2.45) is 5.73 Å². The van der Waals surface area contributed by atoms with E-state index in [2.05, 4.69) is 27.6 Å². The molecule has 3 aromatic rings. The highest BCUT2D eigenvalue weighted by molar-refractivity contribution is 14.1. The molecule has 1 aromatic heterocycles. The lowest BCUT2D eigenvalue weighted by atomic mass is 10.2. The van der Waals surface area contributed by atoms with Gasteiger partial charge in [0.05, 0.1) is 6.61 Å². The number of aromatic amines is 1. The molecular formula is C20H20IN3O5S. The highest BCUT2D eigenvalue weighted by Crippen LogP contribution is 2.31. The van der Waals surface area contributed by atoms with Crippen LogP contribution < -0.4 is 10.5 Å². The fraction of sp³-hybridized carbons (Fsp3) is 0.250. The Labute approximate surface area is 187 Å². The number of para-hydroxylation sites is 1. The van der Waals surface area contributed by atoms with Crippen molar-refractivity contribution in [1.82, 2.24) is 9.29 Å². The molecule has 4 rings (SSSR count). The number of sulfonamides is 1. The van der Waals surface area contributed by atoms with Gasteiger partial charge in [-0.2, -0.15) is 4.31 Å². The highest BCUT2D eigenvalue weighted by atomic mass is 127. The van der Waals surface area contributed by atoms with Crippen LogP contribution in [0.15, 0.2) is 53.4 Å². The van der Waals surface area contributed by atoms with Crippen LogP contribution in [-0.2, 0) is 14.8 Å². The van der Waals surface area contributed by atoms with Crippen molar-refractivity contribution < 1.29 is 22.7 Å². The van der Waals surface area contributed by atoms with Crippen LogP contribution in [-0.4, -0.2) is 56.0 Å². The summed E-state index contributed by atoms with van der Waals surface area (Å²) >= 11 is 2.10. The third-order valence-corrected chi connectivity index (χ3v) is 7.46. The molecule has 0 unspecified atom stereocenters. The number of carbonyl (C=O) groups excluding carboxylic acids is 1. The smallest absolute Gasteiger partial charge is 0.266 e. The Hall–Kier alpha value is -2.15. The number of halogens is 1. The Morgan fingerprint density at radius 2 is 2.03 bits per heavy atom. The van der Waals surface area contributed by atoms with Gasteiger partial charge in [-0.05, 0) is 52.9 Å². The number of morpholine rings is 1. The SMILES string of the molecule is NC(=O)c1[nH]c2ccc(I)cc2c1S(=O)(=O)N1CCO[C@@H](COc2ccccc2)C1. The van der Waals surface area contributed by atoms with Crippen LogP contribution in [0.2, 0.25) is 0 Å². The van der Waals surface area contributed by atoms with Crippen LogP contribution in [0.1, 0.15) is 10.5 Å². The first kappa shape index (κ1) is 21.1. The normalized spacial score (nSPS) is 17.8. The molecule has 0 aliphatic carbocycles. The topological polar surface area (TPSA) is 115 Å². The van der Waals surface area contributed by atoms with Crippen molar-refractivity contribution >= 4 is 49.4 Å². The molecule has 3 N–H and O–H groups in total. The number of nitrogens with zero attached hydrogens (tertiary/aromatic N) is 1. The number of primary amides is 1. The summed E-state index contributed by atoms with van der Waals surface area (Å²) in [6, 6.07) is 14.5. The monoisotopic (exact) mass is 541 g/mol. The average molecular weight is 541 g/mol. The molecule has 0 radical (unpaired) electrons. The maximum absolute atomic E-state index is 13.5. The molecule has 1 amide bonds. The number of amides is 1. The number of hydrogen-bond donors (Lipinski definition) is 2. The number of hydrogen-bond acceptors (Lipinski definition) is 5. The quantitative estimate of drug-likeness (QED) is 0.465. The minimum atomic E-state index is -3.99. The zero-order valence-corrected chi connectivity index (χ0v) is 18.9. The lowest BCUT2D eigenvalue weighted by molar-refractivity contribution is -0.0249. The largest absolute Gasteiger partial charge is 0.491 e. The maximum Gasteiger partial charge on any atom is 0.266 e. The number of carbonyl (C=O) groups is 1. The second-order valence-corrected chi connectivity index (χ2v) is 9.98. The van der Waals surface area contributed by atoms with Gasteiger partial charge in [-0.3, -0.25) is 4.79 Å². The fourth-order valence-corrected chi connectivity index (χ4v) is 5.71. The summed E-state index contributed by atoms with van der Waals surface area (Å²) in [5, 5.41) is 0.444. The third kappa shape index (κ3) is 4.17. The summed E-state index contributed by atoms with van der Waals surface area (Å²) in [7, 11) is -3.99. The standard InChI is InChI=1S/C20H20IN3O5S/c21-13-6-7-17-16(10-13)19(18(23-17)20(22)25)30(26,27)24-8-9-28-15(11-24)12-29-14-4-2-1-3-5-14/h1-7,10,15,23H,8-9,11-12H2,(H2,22,25)/t15-/m1/s1. The molecule has 1 saturated heterocycles. The summed E-state index contributed by atoms with van der Waals surface area (Å²) in [6.07, 6.45) is -0.434. The van der Waals surface area contributed by atoms with E-state index < -0.39 is 22.0 Å². The van der Waals surface area contributed by atoms with Gasteiger partial charge in [-0.25, -0.2) is 8.42 Å². The summed E-state index contributed by atoms with van der Waals surface area (Å²) in [6.45, 7) is 0.737. The third-order valence-electron chi connectivity index (χ3n) is 4.84. The van der Waals surface area contributed by atoms with E-state index in [1.54, 1.807) is 12.1 Å². The number of benzene rings is 2. The molecular weight excluding hydrogens is 521 g/mol. The van der Waals surface area contributed by atoms with E-state index in [9.17, 15) is 13.2 Å². The average Bonchev–Trinajstić information content (AvgIpc) is 3.13. The highest BCUT2D eigenvalue weighted by Gasteiger charge is 2.36. The summed E-state index contributed by atoms with van der Waals surface area (Å²) in [5.74, 6) is -0.139. The van der Waals surface area contributed by atoms with Crippen LogP contribution in [0.3, 0.4) is 0 Å². The van der Waals surface area contributed by atoms with Crippen LogP contribution in [0.5, 0.6) is 5.75 Å². The van der Waals surface area contributed by atoms with Crippen LogP contribution >= 0.6 is 22.6 Å². The van der Waals surface area contributed by atoms with Gasteiger partial charge in [0.25, 0.3) is 5.91 Å². The first-order valence-corrected chi connectivity index (χ1v) is 11.8. The molecule has 0 bridgehead atoms. The molecule has 1 aliphatic rings. The molecule has 10 heteroatoms. The summed E-state index contributed by atoms with van der Waals surface area (Å²) in [4.78, 5) is 14.8. The van der Waals surface area contributed by atoms with Gasteiger partial charge in [-0.15, -0.1) is 0 Å². The summed E-state index contributed by atoms with van der Waals surface area (Å²) in [5.41, 5.74) is 5.91. The fourth-order valence-electron chi connectivity index (χ4n) is 3.43. The molecule has 30 heavy (non-hydrogen) atoms. The van der Waals surface area contributed by atoms with E-state index in [0.29, 0.717) is 16.7 Å². The Bertz CT molecular complexity index is 1180. The lowest BCUT2D eigenvalue weighted by Crippen LogP contribution is -2.47. The molecule has 158 valence electrons. The maximum atomic E-state index is 13.5. The van der Waals surface area contributed by atoms with Gasteiger partial charge in [0.1, 0.15) is 29.0 Å². The lowest BCUT2D eigenvalue weighted by Gasteiger charge is -2.32. The number of nitrogens with one attached hydrogen (secondary N) is 1. The number of ether oxygens (including phenoxy) is 2. The van der Waals surface area contributed by atoms with Gasteiger partial charge in [0.2, 0.25) is 10.0 Å². The van der Waals surface area contributed by atoms with Crippen LogP contribution in [0.4, 0.5) is 0 Å². The van der Waals surface area contributed by atoms with Crippen molar-refractivity contribution in [3.8, 4) is 5.75 Å². The molecule has 1 atom stereocenters. The van der Waals surface area contributed by atoms with E-state index in [4.69, 9.17) is 15.2 Å². The van der Waals surface area contributed by atoms with Gasteiger partial charge < -0.3 is 20.2 Å². The Balaban J connectivity index is 1.62. The second kappa shape index (κ2) is 8.53. The first-order chi connectivity index (χ1) is 14.4. The molecule has 1 fully saturated rings. The Morgan fingerprint density at radius 1 is 1.27 bits per heavy atom. The van der Waals surface area contributed by atoms with E-state index in [1.807, 2.05) is 36.4 Å². The second-order valence-electron chi connectivity index (χ2n) is 6.86. The number of aromatic nitrogens is 1. The summed E-state index contributed by atoms with van der Waals surface area (Å²) < 4.78 is 40.6. The molecule has 2 aromatic carbocycles. The van der Waals surface area contributed by atoms with E-state index in [0.717, 1.165) is 3.57 Å². The van der Waals surface area contributed by atoms with Crippen molar-refractivity contribution in [2.45, 2.75) is 11.0 Å². The number of fused-ring (bicyclic) bond motifs is 1. The van der Waals surface area contributed by atoms with E-state index in [1.165, 1.54) is 4.31 Å². The number of H-pyrrole nitrogens is 1. The molecule has 1 aliphatic heterocycles. The Kier molecular flexibility index (Phi) is 6.00. The Morgan fingerprint density at radius 3 is 2.77 bits per heavy atom. The number of nitrogens with two attached hydrogens (primary N) is 1. The van der Waals surface area contributed by atoms with Crippen LogP contribution in [0.25, 0.3) is 10.9 Å². The van der Waals surface area contributed by atoms with Crippen molar-refractivity contribution in [3.63, 3.8) is 0 Å². The van der Waals surface area contributed by atoms with Gasteiger partial charge in [0.15, 0.2) is 0 Å². The van der Waals surface area contributed by atoms with Gasteiger partial charge in [0, 0.05) is 27.6 Å². The van der Waals surface area contributed by atoms with E-state index in [-0.39, 0.29) is 36.9 Å². The first-order valence-electron chi connectivity index (χ1n) is 9.27. The van der Waals surface area contributed by atoms with Crippen molar-refractivity contribution in [2.75, 3.05) is 26.3 Å². The van der Waals surface area contributed by atoms with Crippen molar-refractivity contribution in [3.05, 3.63) is 57.8 Å². The molecule has 8 nitrogen and oxygen atoms in total. The number of rotatable bonds is 6. The predicted molar refractivity (Wildman–Crippen MR) is 120 cm³/mol. The van der Waals surface area contributed by atoms with Gasteiger partial charge >= 0.3 is 0 Å². The minimum absolute atomic E-state index is 0.0897. The zero-order valence-electron chi connectivity index (χ0n) is 15.9. The predicted octanol–water partition coefficient (Wildman–Crippen LogP) is 2.34. The zero-order chi connectivity index (χ0) is 21.3. The molecule has 0 spiro atoms. The van der Waals surface area contributed by atoms with E-state index >= 15 is 0 Å².